The van der Waals surface area contributed by atoms with Gasteiger partial charge in [-0.15, -0.1) is 11.3 Å². The van der Waals surface area contributed by atoms with Crippen LogP contribution in [-0.4, -0.2) is 14.9 Å². The second kappa shape index (κ2) is 4.86. The molecule has 0 unspecified atom stereocenters. The fourth-order valence-corrected chi connectivity index (χ4v) is 2.62. The predicted octanol–water partition coefficient (Wildman–Crippen LogP) is 3.70. The Labute approximate surface area is 117 Å². The predicted molar refractivity (Wildman–Crippen MR) is 75.3 cm³/mol. The van der Waals surface area contributed by atoms with E-state index < -0.39 is 4.92 Å². The summed E-state index contributed by atoms with van der Waals surface area (Å²) in [6, 6.07) is 6.59. The molecule has 7 heteroatoms. The van der Waals surface area contributed by atoms with Gasteiger partial charge >= 0.3 is 0 Å². The number of fused-ring (bicyclic) bond motifs is 1. The van der Waals surface area contributed by atoms with Crippen molar-refractivity contribution in [1.29, 1.82) is 0 Å². The molecule has 2 heterocycles. The Morgan fingerprint density at radius 2 is 2.15 bits per heavy atom. The topological polar surface area (TPSA) is 78.2 Å². The van der Waals surface area contributed by atoms with Gasteiger partial charge in [0, 0.05) is 6.07 Å². The largest absolute Gasteiger partial charge is 0.437 e. The summed E-state index contributed by atoms with van der Waals surface area (Å²) in [6.45, 7) is 1.65. The minimum Gasteiger partial charge on any atom is -0.437 e. The molecule has 3 rings (SSSR count). The fraction of sp³-hybridized carbons (Fsp3) is 0.0769. The van der Waals surface area contributed by atoms with Crippen LogP contribution in [0.3, 0.4) is 0 Å². The average molecular weight is 287 g/mol. The van der Waals surface area contributed by atoms with Crippen molar-refractivity contribution in [1.82, 2.24) is 9.97 Å². The van der Waals surface area contributed by atoms with Gasteiger partial charge in [-0.2, -0.15) is 0 Å². The van der Waals surface area contributed by atoms with Gasteiger partial charge in [0.25, 0.3) is 5.69 Å². The van der Waals surface area contributed by atoms with Crippen molar-refractivity contribution in [3.63, 3.8) is 0 Å². The maximum atomic E-state index is 10.9. The molecule has 0 amide bonds. The molecule has 0 N–H and O–H groups in total. The minimum absolute atomic E-state index is 0.0268. The first kappa shape index (κ1) is 12.5. The third-order valence-corrected chi connectivity index (χ3v) is 3.76. The number of benzene rings is 1. The number of ether oxygens (including phenoxy) is 1. The van der Waals surface area contributed by atoms with E-state index in [2.05, 4.69) is 9.97 Å². The molecule has 0 saturated heterocycles. The van der Waals surface area contributed by atoms with Gasteiger partial charge in [0.1, 0.15) is 16.8 Å². The zero-order chi connectivity index (χ0) is 14.1. The molecule has 6 nitrogen and oxygen atoms in total. The summed E-state index contributed by atoms with van der Waals surface area (Å²) in [5, 5.41) is 12.8. The van der Waals surface area contributed by atoms with Crippen molar-refractivity contribution in [3.8, 4) is 11.6 Å². The zero-order valence-corrected chi connectivity index (χ0v) is 11.3. The molecule has 100 valence electrons. The number of aromatic nitrogens is 2. The summed E-state index contributed by atoms with van der Waals surface area (Å²) in [5.74, 6) is 0.834. The van der Waals surface area contributed by atoms with Crippen LogP contribution in [0.1, 0.15) is 5.56 Å². The average Bonchev–Trinajstić information content (AvgIpc) is 2.90. The number of nitro benzene ring substituents is 1. The standard InChI is InChI=1S/C13H9N3O3S/c1-8-10(16(17)18)3-2-4-11(8)19-13-12-9(5-6-20-12)14-7-15-13/h2-7H,1H3. The fourth-order valence-electron chi connectivity index (χ4n) is 1.85. The van der Waals surface area contributed by atoms with Crippen LogP contribution in [0.5, 0.6) is 11.6 Å². The van der Waals surface area contributed by atoms with Crippen LogP contribution in [0.2, 0.25) is 0 Å². The summed E-state index contributed by atoms with van der Waals surface area (Å²) < 4.78 is 6.54. The van der Waals surface area contributed by atoms with E-state index in [4.69, 9.17) is 4.74 Å². The lowest BCUT2D eigenvalue weighted by Gasteiger charge is -2.08. The molecule has 0 aliphatic rings. The molecule has 0 aliphatic heterocycles. The SMILES string of the molecule is Cc1c(Oc2ncnc3ccsc23)cccc1[N+](=O)[O-]. The lowest BCUT2D eigenvalue weighted by molar-refractivity contribution is -0.385. The molecule has 2 aromatic heterocycles. The normalized spacial score (nSPS) is 10.7. The van der Waals surface area contributed by atoms with Gasteiger partial charge in [-0.05, 0) is 24.4 Å². The number of nitrogens with zero attached hydrogens (tertiary/aromatic N) is 3. The Morgan fingerprint density at radius 3 is 2.95 bits per heavy atom. The molecule has 0 radical (unpaired) electrons. The first-order chi connectivity index (χ1) is 9.66. The lowest BCUT2D eigenvalue weighted by Crippen LogP contribution is -1.96. The third-order valence-electron chi connectivity index (χ3n) is 2.87. The first-order valence-corrected chi connectivity index (χ1v) is 6.65. The summed E-state index contributed by atoms with van der Waals surface area (Å²) in [6.07, 6.45) is 1.41. The summed E-state index contributed by atoms with van der Waals surface area (Å²) in [7, 11) is 0. The van der Waals surface area contributed by atoms with Crippen molar-refractivity contribution in [2.75, 3.05) is 0 Å². The van der Waals surface area contributed by atoms with Crippen LogP contribution in [0, 0.1) is 17.0 Å². The number of hydrogen-bond acceptors (Lipinski definition) is 6. The van der Waals surface area contributed by atoms with Crippen LogP contribution in [-0.2, 0) is 0 Å². The molecule has 0 saturated carbocycles. The highest BCUT2D eigenvalue weighted by atomic mass is 32.1. The Balaban J connectivity index is 2.05. The van der Waals surface area contributed by atoms with Gasteiger partial charge in [0.2, 0.25) is 5.88 Å². The van der Waals surface area contributed by atoms with Crippen molar-refractivity contribution in [2.24, 2.45) is 0 Å². The summed E-state index contributed by atoms with van der Waals surface area (Å²) >= 11 is 1.47. The molecule has 20 heavy (non-hydrogen) atoms. The molecule has 1 aromatic carbocycles. The molecule has 0 fully saturated rings. The van der Waals surface area contributed by atoms with E-state index in [1.54, 1.807) is 19.1 Å². The highest BCUT2D eigenvalue weighted by molar-refractivity contribution is 7.17. The van der Waals surface area contributed by atoms with Gasteiger partial charge < -0.3 is 4.74 Å². The van der Waals surface area contributed by atoms with E-state index >= 15 is 0 Å². The van der Waals surface area contributed by atoms with Gasteiger partial charge in [0.15, 0.2) is 0 Å². The quantitative estimate of drug-likeness (QED) is 0.542. The monoisotopic (exact) mass is 287 g/mol. The molecular formula is C13H9N3O3S. The second-order valence-corrected chi connectivity index (χ2v) is 4.99. The van der Waals surface area contributed by atoms with Gasteiger partial charge in [-0.1, -0.05) is 6.07 Å². The molecule has 3 aromatic rings. The molecule has 0 bridgehead atoms. The van der Waals surface area contributed by atoms with Gasteiger partial charge in [-0.25, -0.2) is 9.97 Å². The molecule has 0 atom stereocenters. The Bertz CT molecular complexity index is 800. The van der Waals surface area contributed by atoms with E-state index in [9.17, 15) is 10.1 Å². The van der Waals surface area contributed by atoms with Crippen LogP contribution >= 0.6 is 11.3 Å². The van der Waals surface area contributed by atoms with Crippen molar-refractivity contribution in [2.45, 2.75) is 6.92 Å². The van der Waals surface area contributed by atoms with E-state index in [0.717, 1.165) is 10.2 Å². The van der Waals surface area contributed by atoms with E-state index in [-0.39, 0.29) is 5.69 Å². The van der Waals surface area contributed by atoms with Crippen LogP contribution in [0.4, 0.5) is 5.69 Å². The molecular weight excluding hydrogens is 278 g/mol. The van der Waals surface area contributed by atoms with Crippen LogP contribution < -0.4 is 4.74 Å². The minimum atomic E-state index is -0.428. The summed E-state index contributed by atoms with van der Waals surface area (Å²) in [5.41, 5.74) is 1.29. The highest BCUT2D eigenvalue weighted by Crippen LogP contribution is 2.34. The van der Waals surface area contributed by atoms with Crippen molar-refractivity contribution in [3.05, 3.63) is 51.7 Å². The Morgan fingerprint density at radius 1 is 1.30 bits per heavy atom. The lowest BCUT2D eigenvalue weighted by atomic mass is 10.2. The second-order valence-electron chi connectivity index (χ2n) is 4.07. The van der Waals surface area contributed by atoms with Crippen LogP contribution in [0.15, 0.2) is 36.0 Å². The maximum absolute atomic E-state index is 10.9. The smallest absolute Gasteiger partial charge is 0.276 e. The summed E-state index contributed by atoms with van der Waals surface area (Å²) in [4.78, 5) is 18.7. The van der Waals surface area contributed by atoms with E-state index in [1.165, 1.54) is 23.7 Å². The number of nitro groups is 1. The number of thiophene rings is 1. The Kier molecular flexibility index (Phi) is 3.03. The van der Waals surface area contributed by atoms with E-state index in [0.29, 0.717) is 17.2 Å². The third kappa shape index (κ3) is 2.08. The Hall–Kier alpha value is -2.54. The highest BCUT2D eigenvalue weighted by Gasteiger charge is 2.16. The number of rotatable bonds is 3. The first-order valence-electron chi connectivity index (χ1n) is 5.77. The van der Waals surface area contributed by atoms with Crippen molar-refractivity contribution < 1.29 is 9.66 Å². The number of hydrogen-bond donors (Lipinski definition) is 0. The van der Waals surface area contributed by atoms with Gasteiger partial charge in [0.05, 0.1) is 16.0 Å². The molecule has 0 spiro atoms. The van der Waals surface area contributed by atoms with E-state index in [1.807, 2.05) is 11.4 Å². The zero-order valence-electron chi connectivity index (χ0n) is 10.4. The molecule has 0 aliphatic carbocycles. The van der Waals surface area contributed by atoms with Gasteiger partial charge in [-0.3, -0.25) is 10.1 Å². The van der Waals surface area contributed by atoms with Crippen molar-refractivity contribution >= 4 is 27.2 Å². The maximum Gasteiger partial charge on any atom is 0.276 e. The van der Waals surface area contributed by atoms with Crippen LogP contribution in [0.25, 0.3) is 10.2 Å².